The Hall–Kier alpha value is -0.610. The van der Waals surface area contributed by atoms with Crippen LogP contribution in [0.25, 0.3) is 0 Å². The maximum Gasteiger partial charge on any atom is 0.320 e. The largest absolute Gasteiger partial charge is 0.480 e. The topological polar surface area (TPSA) is 66.6 Å². The summed E-state index contributed by atoms with van der Waals surface area (Å²) < 4.78 is 0. The predicted molar refractivity (Wildman–Crippen MR) is 61.8 cm³/mol. The maximum absolute atomic E-state index is 10.5. The first-order valence-corrected chi connectivity index (χ1v) is 5.35. The van der Waals surface area contributed by atoms with E-state index in [2.05, 4.69) is 32.6 Å². The zero-order chi connectivity index (χ0) is 12.2. The molecule has 0 saturated heterocycles. The minimum atomic E-state index is -0.924. The van der Waals surface area contributed by atoms with Crippen LogP contribution in [0.4, 0.5) is 0 Å². The number of carbonyl (C=O) groups is 1. The van der Waals surface area contributed by atoms with Crippen LogP contribution in [0.1, 0.15) is 34.1 Å². The van der Waals surface area contributed by atoms with Crippen LogP contribution in [0, 0.1) is 5.41 Å². The first-order chi connectivity index (χ1) is 6.66. The number of hydrogen-bond acceptors (Lipinski definition) is 3. The van der Waals surface area contributed by atoms with Gasteiger partial charge in [-0.3, -0.25) is 4.79 Å². The van der Waals surface area contributed by atoms with Gasteiger partial charge in [0.1, 0.15) is 6.04 Å². The molecule has 2 unspecified atom stereocenters. The zero-order valence-electron chi connectivity index (χ0n) is 10.4. The molecule has 0 fully saturated rings. The van der Waals surface area contributed by atoms with Crippen molar-refractivity contribution in [2.45, 2.75) is 46.2 Å². The van der Waals surface area contributed by atoms with Gasteiger partial charge in [-0.05, 0) is 25.8 Å². The molecule has 4 heteroatoms. The first-order valence-electron chi connectivity index (χ1n) is 5.35. The van der Waals surface area contributed by atoms with E-state index in [1.165, 1.54) is 0 Å². The van der Waals surface area contributed by atoms with Gasteiger partial charge in [-0.25, -0.2) is 0 Å². The van der Waals surface area contributed by atoms with Crippen molar-refractivity contribution in [1.29, 1.82) is 0 Å². The predicted octanol–water partition coefficient (Wildman–Crippen LogP) is 1.15. The quantitative estimate of drug-likeness (QED) is 0.723. The summed E-state index contributed by atoms with van der Waals surface area (Å²) in [6.07, 6.45) is 0.492. The number of carboxylic acids is 1. The zero-order valence-corrected chi connectivity index (χ0v) is 10.4. The van der Waals surface area contributed by atoms with Gasteiger partial charge in [0.05, 0.1) is 0 Å². The van der Waals surface area contributed by atoms with E-state index in [0.717, 1.165) is 0 Å². The third-order valence-electron chi connectivity index (χ3n) is 3.02. The smallest absolute Gasteiger partial charge is 0.320 e. The number of carboxylic acid groups (broad SMARTS) is 1. The van der Waals surface area contributed by atoms with E-state index in [0.29, 0.717) is 19.0 Å². The number of hydrogen-bond donors (Lipinski definition) is 2. The summed E-state index contributed by atoms with van der Waals surface area (Å²) in [6.45, 7) is 9.38. The summed E-state index contributed by atoms with van der Waals surface area (Å²) in [5.74, 6) is -0.924. The Kier molecular flexibility index (Phi) is 5.24. The molecule has 4 nitrogen and oxygen atoms in total. The molecule has 90 valence electrons. The number of rotatable bonds is 5. The fraction of sp³-hybridized carbons (Fsp3) is 0.909. The Morgan fingerprint density at radius 1 is 1.47 bits per heavy atom. The summed E-state index contributed by atoms with van der Waals surface area (Å²) >= 11 is 0. The lowest BCUT2D eigenvalue weighted by molar-refractivity contribution is -0.138. The highest BCUT2D eigenvalue weighted by Gasteiger charge is 2.24. The summed E-state index contributed by atoms with van der Waals surface area (Å²) in [7, 11) is 2.00. The van der Waals surface area contributed by atoms with Gasteiger partial charge >= 0.3 is 5.97 Å². The Balaban J connectivity index is 4.04. The van der Waals surface area contributed by atoms with Crippen LogP contribution in [0.15, 0.2) is 0 Å². The molecule has 0 aliphatic rings. The molecule has 0 aliphatic carbocycles. The average Bonchev–Trinajstić information content (AvgIpc) is 2.10. The Labute approximate surface area is 92.4 Å². The van der Waals surface area contributed by atoms with E-state index in [4.69, 9.17) is 10.8 Å². The lowest BCUT2D eigenvalue weighted by Gasteiger charge is -2.35. The van der Waals surface area contributed by atoms with Crippen molar-refractivity contribution >= 4 is 5.97 Å². The van der Waals surface area contributed by atoms with Crippen LogP contribution in [0.5, 0.6) is 0 Å². The summed E-state index contributed by atoms with van der Waals surface area (Å²) in [5.41, 5.74) is 5.64. The van der Waals surface area contributed by atoms with E-state index in [1.807, 2.05) is 7.05 Å². The minimum Gasteiger partial charge on any atom is -0.480 e. The molecule has 0 aromatic heterocycles. The lowest BCUT2D eigenvalue weighted by Crippen LogP contribution is -2.42. The monoisotopic (exact) mass is 216 g/mol. The fourth-order valence-electron chi connectivity index (χ4n) is 1.32. The van der Waals surface area contributed by atoms with Crippen LogP contribution in [-0.2, 0) is 4.79 Å². The Morgan fingerprint density at radius 2 is 1.93 bits per heavy atom. The van der Waals surface area contributed by atoms with E-state index in [1.54, 1.807) is 0 Å². The van der Waals surface area contributed by atoms with Crippen molar-refractivity contribution in [2.24, 2.45) is 11.1 Å². The third kappa shape index (κ3) is 5.14. The van der Waals surface area contributed by atoms with Crippen LogP contribution < -0.4 is 5.73 Å². The van der Waals surface area contributed by atoms with Crippen molar-refractivity contribution in [1.82, 2.24) is 4.90 Å². The molecule has 0 amide bonds. The molecule has 3 N–H and O–H groups in total. The third-order valence-corrected chi connectivity index (χ3v) is 3.02. The van der Waals surface area contributed by atoms with Gasteiger partial charge in [0.15, 0.2) is 0 Å². The maximum atomic E-state index is 10.5. The summed E-state index contributed by atoms with van der Waals surface area (Å²) in [5, 5.41) is 8.65. The van der Waals surface area contributed by atoms with Gasteiger partial charge in [0.25, 0.3) is 0 Å². The highest BCUT2D eigenvalue weighted by molar-refractivity contribution is 5.72. The van der Waals surface area contributed by atoms with Gasteiger partial charge in [-0.1, -0.05) is 20.8 Å². The molecule has 0 radical (unpaired) electrons. The fourth-order valence-corrected chi connectivity index (χ4v) is 1.32. The summed E-state index contributed by atoms with van der Waals surface area (Å²) in [4.78, 5) is 12.7. The molecule has 0 rings (SSSR count). The van der Waals surface area contributed by atoms with E-state index in [9.17, 15) is 4.79 Å². The van der Waals surface area contributed by atoms with Crippen LogP contribution in [-0.4, -0.2) is 41.7 Å². The number of nitrogens with zero attached hydrogens (tertiary/aromatic N) is 1. The molecule has 0 saturated carbocycles. The van der Waals surface area contributed by atoms with Crippen molar-refractivity contribution in [3.05, 3.63) is 0 Å². The molecule has 0 aromatic rings. The molecule has 0 heterocycles. The average molecular weight is 216 g/mol. The molecular weight excluding hydrogens is 192 g/mol. The van der Waals surface area contributed by atoms with Gasteiger partial charge in [0.2, 0.25) is 0 Å². The van der Waals surface area contributed by atoms with E-state index < -0.39 is 12.0 Å². The van der Waals surface area contributed by atoms with Gasteiger partial charge < -0.3 is 15.7 Å². The second kappa shape index (κ2) is 5.47. The van der Waals surface area contributed by atoms with Gasteiger partial charge in [0, 0.05) is 12.6 Å². The Bertz CT molecular complexity index is 211. The second-order valence-electron chi connectivity index (χ2n) is 5.26. The highest BCUT2D eigenvalue weighted by Crippen LogP contribution is 2.22. The van der Waals surface area contributed by atoms with Crippen LogP contribution >= 0.6 is 0 Å². The van der Waals surface area contributed by atoms with Crippen LogP contribution in [0.2, 0.25) is 0 Å². The standard InChI is InChI=1S/C11H24N2O2/c1-8(11(2,3)4)13(5)7-6-9(12)10(14)15/h8-9H,6-7,12H2,1-5H3,(H,14,15). The molecule has 0 bridgehead atoms. The first kappa shape index (κ1) is 14.4. The normalized spacial score (nSPS) is 16.5. The van der Waals surface area contributed by atoms with Gasteiger partial charge in [-0.2, -0.15) is 0 Å². The minimum absolute atomic E-state index is 0.196. The van der Waals surface area contributed by atoms with Crippen molar-refractivity contribution in [3.8, 4) is 0 Å². The molecule has 15 heavy (non-hydrogen) atoms. The van der Waals surface area contributed by atoms with Crippen molar-refractivity contribution < 1.29 is 9.90 Å². The molecule has 2 atom stereocenters. The SMILES string of the molecule is CC(N(C)CCC(N)C(=O)O)C(C)(C)C. The molecule has 0 aliphatic heterocycles. The van der Waals surface area contributed by atoms with Crippen molar-refractivity contribution in [3.63, 3.8) is 0 Å². The molecular formula is C11H24N2O2. The Morgan fingerprint density at radius 3 is 2.27 bits per heavy atom. The lowest BCUT2D eigenvalue weighted by atomic mass is 9.87. The van der Waals surface area contributed by atoms with E-state index in [-0.39, 0.29) is 5.41 Å². The number of aliphatic carboxylic acids is 1. The molecule has 0 spiro atoms. The summed E-state index contributed by atoms with van der Waals surface area (Å²) in [6, 6.07) is -0.349. The van der Waals surface area contributed by atoms with Crippen molar-refractivity contribution in [2.75, 3.05) is 13.6 Å². The highest BCUT2D eigenvalue weighted by atomic mass is 16.4. The second-order valence-corrected chi connectivity index (χ2v) is 5.26. The molecule has 0 aromatic carbocycles. The van der Waals surface area contributed by atoms with E-state index >= 15 is 0 Å². The van der Waals surface area contributed by atoms with Gasteiger partial charge in [-0.15, -0.1) is 0 Å². The van der Waals surface area contributed by atoms with Crippen LogP contribution in [0.3, 0.4) is 0 Å². The number of nitrogens with two attached hydrogens (primary N) is 1.